The molecule has 148 valence electrons. The second-order valence-electron chi connectivity index (χ2n) is 6.20. The molecule has 3 rings (SSSR count). The number of hydrogen-bond acceptors (Lipinski definition) is 4. The lowest BCUT2D eigenvalue weighted by Gasteiger charge is -2.10. The van der Waals surface area contributed by atoms with Gasteiger partial charge < -0.3 is 15.8 Å². The van der Waals surface area contributed by atoms with E-state index in [0.717, 1.165) is 16.8 Å². The first-order valence-electron chi connectivity index (χ1n) is 9.00. The molecule has 3 N–H and O–H groups in total. The first kappa shape index (κ1) is 20.5. The second kappa shape index (κ2) is 9.82. The molecule has 7 heteroatoms. The molecule has 0 fully saturated rings. The van der Waals surface area contributed by atoms with E-state index in [1.54, 1.807) is 55.8 Å². The molecular weight excluding hydrogens is 388 g/mol. The number of aromatic nitrogens is 1. The van der Waals surface area contributed by atoms with Crippen LogP contribution >= 0.6 is 11.6 Å². The van der Waals surface area contributed by atoms with Crippen LogP contribution in [0.3, 0.4) is 0 Å². The number of anilines is 1. The van der Waals surface area contributed by atoms with E-state index in [2.05, 4.69) is 15.3 Å². The van der Waals surface area contributed by atoms with Gasteiger partial charge in [-0.15, -0.1) is 0 Å². The van der Waals surface area contributed by atoms with Gasteiger partial charge in [0.05, 0.1) is 23.9 Å². The predicted octanol–water partition coefficient (Wildman–Crippen LogP) is 4.01. The van der Waals surface area contributed by atoms with Crippen LogP contribution in [0.2, 0.25) is 5.02 Å². The van der Waals surface area contributed by atoms with E-state index < -0.39 is 0 Å². The first-order valence-corrected chi connectivity index (χ1v) is 9.38. The number of amidine groups is 1. The molecule has 0 aliphatic heterocycles. The van der Waals surface area contributed by atoms with Gasteiger partial charge in [-0.05, 0) is 42.5 Å². The average molecular weight is 409 g/mol. The SMILES string of the molecule is COCCN=C(N)c1ccc(C(=O)Nc2ccc(Cl)c(-c3ccccn3)c2)cc1. The molecule has 0 bridgehead atoms. The average Bonchev–Trinajstić information content (AvgIpc) is 2.76. The Labute approximate surface area is 174 Å². The van der Waals surface area contributed by atoms with Crippen LogP contribution in [-0.4, -0.2) is 37.0 Å². The summed E-state index contributed by atoms with van der Waals surface area (Å²) >= 11 is 6.29. The standard InChI is InChI=1S/C22H21ClN4O2/c1-29-13-12-26-21(24)15-5-7-16(8-6-15)22(28)27-17-9-10-19(23)18(14-17)20-4-2-3-11-25-20/h2-11,14H,12-13H2,1H3,(H2,24,26)(H,27,28). The number of aliphatic imine (C=N–C) groups is 1. The van der Waals surface area contributed by atoms with Crippen molar-refractivity contribution in [1.29, 1.82) is 0 Å². The van der Waals surface area contributed by atoms with Crippen LogP contribution in [0.1, 0.15) is 15.9 Å². The number of carbonyl (C=O) groups is 1. The molecule has 2 aromatic carbocycles. The molecular formula is C22H21ClN4O2. The van der Waals surface area contributed by atoms with Crippen molar-refractivity contribution in [3.8, 4) is 11.3 Å². The minimum absolute atomic E-state index is 0.235. The molecule has 6 nitrogen and oxygen atoms in total. The largest absolute Gasteiger partial charge is 0.384 e. The summed E-state index contributed by atoms with van der Waals surface area (Å²) in [7, 11) is 1.61. The lowest BCUT2D eigenvalue weighted by atomic mass is 10.1. The lowest BCUT2D eigenvalue weighted by molar-refractivity contribution is 0.102. The van der Waals surface area contributed by atoms with Gasteiger partial charge in [0.1, 0.15) is 5.84 Å². The highest BCUT2D eigenvalue weighted by Crippen LogP contribution is 2.29. The Bertz CT molecular complexity index is 1010. The van der Waals surface area contributed by atoms with Crippen LogP contribution in [0, 0.1) is 0 Å². The van der Waals surface area contributed by atoms with E-state index in [1.165, 1.54) is 0 Å². The van der Waals surface area contributed by atoms with Crippen molar-refractivity contribution < 1.29 is 9.53 Å². The maximum atomic E-state index is 12.6. The van der Waals surface area contributed by atoms with Gasteiger partial charge in [-0.2, -0.15) is 0 Å². The fourth-order valence-corrected chi connectivity index (χ4v) is 2.88. The van der Waals surface area contributed by atoms with E-state index in [0.29, 0.717) is 35.3 Å². The molecule has 3 aromatic rings. The Balaban J connectivity index is 1.73. The van der Waals surface area contributed by atoms with E-state index in [9.17, 15) is 4.79 Å². The number of hydrogen-bond donors (Lipinski definition) is 2. The van der Waals surface area contributed by atoms with E-state index >= 15 is 0 Å². The van der Waals surface area contributed by atoms with Crippen molar-refractivity contribution in [2.24, 2.45) is 10.7 Å². The van der Waals surface area contributed by atoms with Crippen molar-refractivity contribution >= 4 is 29.0 Å². The van der Waals surface area contributed by atoms with E-state index in [-0.39, 0.29) is 5.91 Å². The molecule has 29 heavy (non-hydrogen) atoms. The summed E-state index contributed by atoms with van der Waals surface area (Å²) in [4.78, 5) is 21.1. The second-order valence-corrected chi connectivity index (χ2v) is 6.61. The monoisotopic (exact) mass is 408 g/mol. The molecule has 0 unspecified atom stereocenters. The number of rotatable bonds is 7. The zero-order valence-electron chi connectivity index (χ0n) is 15.9. The van der Waals surface area contributed by atoms with Gasteiger partial charge in [0.15, 0.2) is 0 Å². The van der Waals surface area contributed by atoms with Crippen molar-refractivity contribution in [3.63, 3.8) is 0 Å². The fraction of sp³-hybridized carbons (Fsp3) is 0.136. The number of methoxy groups -OCH3 is 1. The maximum Gasteiger partial charge on any atom is 0.255 e. The van der Waals surface area contributed by atoms with Crippen LogP contribution in [0.25, 0.3) is 11.3 Å². The number of amides is 1. The third kappa shape index (κ3) is 5.40. The van der Waals surface area contributed by atoms with Crippen molar-refractivity contribution in [1.82, 2.24) is 4.98 Å². The van der Waals surface area contributed by atoms with Gasteiger partial charge in [-0.25, -0.2) is 0 Å². The van der Waals surface area contributed by atoms with Crippen LogP contribution in [0.15, 0.2) is 71.9 Å². The predicted molar refractivity (Wildman–Crippen MR) is 117 cm³/mol. The summed E-state index contributed by atoms with van der Waals surface area (Å²) in [6, 6.07) is 17.8. The Morgan fingerprint density at radius 1 is 1.14 bits per heavy atom. The first-order chi connectivity index (χ1) is 14.1. The number of ether oxygens (including phenoxy) is 1. The minimum Gasteiger partial charge on any atom is -0.384 e. The zero-order chi connectivity index (χ0) is 20.6. The van der Waals surface area contributed by atoms with Gasteiger partial charge in [0.2, 0.25) is 0 Å². The Hall–Kier alpha value is -3.22. The lowest BCUT2D eigenvalue weighted by Crippen LogP contribution is -2.16. The van der Waals surface area contributed by atoms with Gasteiger partial charge in [0.25, 0.3) is 5.91 Å². The topological polar surface area (TPSA) is 89.6 Å². The summed E-state index contributed by atoms with van der Waals surface area (Å²) in [6.45, 7) is 0.989. The highest BCUT2D eigenvalue weighted by atomic mass is 35.5. The smallest absolute Gasteiger partial charge is 0.255 e. The number of benzene rings is 2. The number of pyridine rings is 1. The molecule has 0 saturated heterocycles. The molecule has 1 amide bonds. The third-order valence-electron chi connectivity index (χ3n) is 4.19. The van der Waals surface area contributed by atoms with E-state index in [4.69, 9.17) is 22.1 Å². The summed E-state index contributed by atoms with van der Waals surface area (Å²) < 4.78 is 4.95. The highest BCUT2D eigenvalue weighted by Gasteiger charge is 2.10. The third-order valence-corrected chi connectivity index (χ3v) is 4.52. The number of carbonyl (C=O) groups excluding carboxylic acids is 1. The highest BCUT2D eigenvalue weighted by molar-refractivity contribution is 6.33. The molecule has 0 aliphatic carbocycles. The van der Waals surface area contributed by atoms with Crippen molar-refractivity contribution in [2.45, 2.75) is 0 Å². The Kier molecular flexibility index (Phi) is 6.94. The minimum atomic E-state index is -0.235. The van der Waals surface area contributed by atoms with Crippen molar-refractivity contribution in [3.05, 3.63) is 83.0 Å². The number of nitrogens with two attached hydrogens (primary N) is 1. The summed E-state index contributed by atoms with van der Waals surface area (Å²) in [5.74, 6) is 0.174. The number of nitrogens with one attached hydrogen (secondary N) is 1. The molecule has 1 heterocycles. The molecule has 0 spiro atoms. The normalized spacial score (nSPS) is 11.3. The Morgan fingerprint density at radius 2 is 1.90 bits per heavy atom. The molecule has 0 saturated carbocycles. The van der Waals surface area contributed by atoms with Gasteiger partial charge >= 0.3 is 0 Å². The van der Waals surface area contributed by atoms with Gasteiger partial charge in [-0.1, -0.05) is 29.8 Å². The maximum absolute atomic E-state index is 12.6. The zero-order valence-corrected chi connectivity index (χ0v) is 16.7. The van der Waals surface area contributed by atoms with Gasteiger partial charge in [-0.3, -0.25) is 14.8 Å². The van der Waals surface area contributed by atoms with E-state index in [1.807, 2.05) is 18.2 Å². The molecule has 0 aliphatic rings. The van der Waals surface area contributed by atoms with Crippen LogP contribution in [-0.2, 0) is 4.74 Å². The molecule has 1 aromatic heterocycles. The fourth-order valence-electron chi connectivity index (χ4n) is 2.67. The van der Waals surface area contributed by atoms with Crippen LogP contribution in [0.4, 0.5) is 5.69 Å². The summed E-state index contributed by atoms with van der Waals surface area (Å²) in [6.07, 6.45) is 1.70. The van der Waals surface area contributed by atoms with Gasteiger partial charge in [0, 0.05) is 35.7 Å². The molecule has 0 radical (unpaired) electrons. The number of halogens is 1. The Morgan fingerprint density at radius 3 is 2.59 bits per heavy atom. The quantitative estimate of drug-likeness (QED) is 0.351. The van der Waals surface area contributed by atoms with Crippen LogP contribution < -0.4 is 11.1 Å². The van der Waals surface area contributed by atoms with Crippen molar-refractivity contribution in [2.75, 3.05) is 25.6 Å². The molecule has 0 atom stereocenters. The van der Waals surface area contributed by atoms with Crippen LogP contribution in [0.5, 0.6) is 0 Å². The number of nitrogens with zero attached hydrogens (tertiary/aromatic N) is 2. The summed E-state index contributed by atoms with van der Waals surface area (Å²) in [5, 5.41) is 3.45. The summed E-state index contributed by atoms with van der Waals surface area (Å²) in [5.41, 5.74) is 9.32.